The van der Waals surface area contributed by atoms with Gasteiger partial charge in [-0.25, -0.2) is 0 Å². The van der Waals surface area contributed by atoms with Gasteiger partial charge in [0.25, 0.3) is 0 Å². The molecule has 0 atom stereocenters. The molecule has 2 heterocycles. The Morgan fingerprint density at radius 3 is 2.32 bits per heavy atom. The minimum atomic E-state index is 0.0155. The Labute approximate surface area is 133 Å². The third kappa shape index (κ3) is 2.67. The van der Waals surface area contributed by atoms with E-state index in [4.69, 9.17) is 4.52 Å². The summed E-state index contributed by atoms with van der Waals surface area (Å²) in [5.74, 6) is 0. The highest BCUT2D eigenvalue weighted by Gasteiger charge is 2.28. The highest BCUT2D eigenvalue weighted by atomic mass is 16.5. The number of rotatable bonds is 0. The second kappa shape index (κ2) is 5.09. The topological polar surface area (TPSA) is 29.3 Å². The lowest BCUT2D eigenvalue weighted by molar-refractivity contribution is 0.144. The number of nitrogens with zero attached hydrogens (tertiary/aromatic N) is 2. The van der Waals surface area contributed by atoms with Gasteiger partial charge in [0, 0.05) is 35.0 Å². The molecular weight excluding hydrogens is 272 g/mol. The van der Waals surface area contributed by atoms with E-state index in [0.29, 0.717) is 0 Å². The zero-order valence-electron chi connectivity index (χ0n) is 14.8. The summed E-state index contributed by atoms with van der Waals surface area (Å²) in [7, 11) is 0. The maximum absolute atomic E-state index is 5.78. The summed E-state index contributed by atoms with van der Waals surface area (Å²) in [5.41, 5.74) is 5.12. The third-order valence-electron chi connectivity index (χ3n) is 4.78. The Kier molecular flexibility index (Phi) is 3.59. The normalized spacial score (nSPS) is 17.5. The van der Waals surface area contributed by atoms with Crippen LogP contribution in [0.5, 0.6) is 0 Å². The summed E-state index contributed by atoms with van der Waals surface area (Å²) in [6, 6.07) is 4.49. The van der Waals surface area contributed by atoms with Crippen molar-refractivity contribution in [1.29, 1.82) is 0 Å². The minimum absolute atomic E-state index is 0.0155. The SMILES string of the molecule is CC(C)(C)c1noc2c3c(ccc12)CCN(C(C)(C)C)CC3. The molecule has 0 aliphatic carbocycles. The molecule has 0 N–H and O–H groups in total. The number of hydrogen-bond acceptors (Lipinski definition) is 3. The standard InChI is InChI=1S/C19H28N2O/c1-18(2,3)17-15-8-7-13-9-11-21(19(4,5)6)12-10-14(13)16(15)22-20-17/h7-8H,9-12H2,1-6H3. The quantitative estimate of drug-likeness (QED) is 0.725. The molecule has 3 nitrogen and oxygen atoms in total. The summed E-state index contributed by atoms with van der Waals surface area (Å²) >= 11 is 0. The van der Waals surface area contributed by atoms with E-state index in [9.17, 15) is 0 Å². The smallest absolute Gasteiger partial charge is 0.170 e. The zero-order valence-corrected chi connectivity index (χ0v) is 14.8. The molecular formula is C19H28N2O. The molecule has 0 amide bonds. The molecule has 1 aromatic heterocycles. The predicted molar refractivity (Wildman–Crippen MR) is 91.4 cm³/mol. The van der Waals surface area contributed by atoms with Gasteiger partial charge in [-0.05, 0) is 45.2 Å². The molecule has 0 bridgehead atoms. The van der Waals surface area contributed by atoms with Gasteiger partial charge in [-0.15, -0.1) is 0 Å². The van der Waals surface area contributed by atoms with Crippen LogP contribution in [0.3, 0.4) is 0 Å². The first-order chi connectivity index (χ1) is 10.2. The van der Waals surface area contributed by atoms with Crippen LogP contribution in [0.15, 0.2) is 16.7 Å². The first kappa shape index (κ1) is 15.5. The van der Waals surface area contributed by atoms with Crippen LogP contribution >= 0.6 is 0 Å². The van der Waals surface area contributed by atoms with Gasteiger partial charge in [0.15, 0.2) is 5.58 Å². The highest BCUT2D eigenvalue weighted by Crippen LogP contribution is 2.34. The lowest BCUT2D eigenvalue weighted by atomic mass is 9.88. The summed E-state index contributed by atoms with van der Waals surface area (Å²) < 4.78 is 5.78. The molecule has 0 unspecified atom stereocenters. The van der Waals surface area contributed by atoms with Crippen molar-refractivity contribution < 1.29 is 4.52 Å². The van der Waals surface area contributed by atoms with Crippen LogP contribution in [0.4, 0.5) is 0 Å². The fourth-order valence-corrected chi connectivity index (χ4v) is 3.43. The molecule has 1 aliphatic rings. The summed E-state index contributed by atoms with van der Waals surface area (Å²) in [4.78, 5) is 2.57. The van der Waals surface area contributed by atoms with Gasteiger partial charge in [0.1, 0.15) is 0 Å². The Bertz CT molecular complexity index is 686. The Morgan fingerprint density at radius 2 is 1.68 bits per heavy atom. The lowest BCUT2D eigenvalue weighted by Crippen LogP contribution is -2.42. The van der Waals surface area contributed by atoms with Gasteiger partial charge < -0.3 is 4.52 Å². The van der Waals surface area contributed by atoms with Gasteiger partial charge in [-0.2, -0.15) is 0 Å². The average molecular weight is 300 g/mol. The number of aromatic nitrogens is 1. The van der Waals surface area contributed by atoms with Crippen molar-refractivity contribution in [3.63, 3.8) is 0 Å². The molecule has 0 saturated heterocycles. The molecule has 0 radical (unpaired) electrons. The van der Waals surface area contributed by atoms with Crippen LogP contribution in [-0.4, -0.2) is 28.7 Å². The Balaban J connectivity index is 2.03. The van der Waals surface area contributed by atoms with Crippen molar-refractivity contribution >= 4 is 11.0 Å². The van der Waals surface area contributed by atoms with Gasteiger partial charge in [-0.1, -0.05) is 32.0 Å². The summed E-state index contributed by atoms with van der Waals surface area (Å²) in [6.45, 7) is 15.7. The molecule has 0 saturated carbocycles. The molecule has 22 heavy (non-hydrogen) atoms. The first-order valence-electron chi connectivity index (χ1n) is 8.33. The van der Waals surface area contributed by atoms with Gasteiger partial charge in [0.05, 0.1) is 5.69 Å². The van der Waals surface area contributed by atoms with Crippen LogP contribution in [0.2, 0.25) is 0 Å². The lowest BCUT2D eigenvalue weighted by Gasteiger charge is -2.34. The molecule has 0 fully saturated rings. The average Bonchev–Trinajstić information content (AvgIpc) is 2.70. The molecule has 2 aromatic rings. The third-order valence-corrected chi connectivity index (χ3v) is 4.78. The Morgan fingerprint density at radius 1 is 1.00 bits per heavy atom. The second-order valence-electron chi connectivity index (χ2n) is 8.52. The summed E-state index contributed by atoms with van der Waals surface area (Å²) in [5, 5.41) is 5.57. The van der Waals surface area contributed by atoms with Crippen LogP contribution in [0, 0.1) is 0 Å². The van der Waals surface area contributed by atoms with Crippen molar-refractivity contribution in [2.45, 2.75) is 65.3 Å². The fraction of sp³-hybridized carbons (Fsp3) is 0.632. The largest absolute Gasteiger partial charge is 0.356 e. The second-order valence-corrected chi connectivity index (χ2v) is 8.52. The Hall–Kier alpha value is -1.35. The number of fused-ring (bicyclic) bond motifs is 3. The molecule has 0 spiro atoms. The maximum atomic E-state index is 5.78. The van der Waals surface area contributed by atoms with Crippen LogP contribution in [-0.2, 0) is 18.3 Å². The van der Waals surface area contributed by atoms with Crippen molar-refractivity contribution in [2.24, 2.45) is 0 Å². The van der Waals surface area contributed by atoms with Crippen molar-refractivity contribution in [2.75, 3.05) is 13.1 Å². The molecule has 120 valence electrons. The van der Waals surface area contributed by atoms with E-state index in [1.165, 1.54) is 16.5 Å². The van der Waals surface area contributed by atoms with Crippen molar-refractivity contribution in [3.8, 4) is 0 Å². The molecule has 3 heteroatoms. The fourth-order valence-electron chi connectivity index (χ4n) is 3.43. The van der Waals surface area contributed by atoms with E-state index >= 15 is 0 Å². The molecule has 1 aliphatic heterocycles. The van der Waals surface area contributed by atoms with E-state index in [1.54, 1.807) is 0 Å². The minimum Gasteiger partial charge on any atom is -0.356 e. The highest BCUT2D eigenvalue weighted by molar-refractivity contribution is 5.84. The first-order valence-corrected chi connectivity index (χ1v) is 8.33. The zero-order chi connectivity index (χ0) is 16.1. The maximum Gasteiger partial charge on any atom is 0.170 e. The van der Waals surface area contributed by atoms with E-state index in [2.05, 4.69) is 63.7 Å². The predicted octanol–water partition coefficient (Wildman–Crippen LogP) is 4.32. The van der Waals surface area contributed by atoms with Gasteiger partial charge in [-0.3, -0.25) is 4.90 Å². The summed E-state index contributed by atoms with van der Waals surface area (Å²) in [6.07, 6.45) is 2.14. The van der Waals surface area contributed by atoms with Crippen LogP contribution in [0.1, 0.15) is 58.4 Å². The van der Waals surface area contributed by atoms with E-state index in [-0.39, 0.29) is 11.0 Å². The van der Waals surface area contributed by atoms with Crippen molar-refractivity contribution in [3.05, 3.63) is 29.0 Å². The van der Waals surface area contributed by atoms with Crippen molar-refractivity contribution in [1.82, 2.24) is 10.1 Å². The molecule has 1 aromatic carbocycles. The number of benzene rings is 1. The van der Waals surface area contributed by atoms with Crippen LogP contribution in [0.25, 0.3) is 11.0 Å². The number of hydrogen-bond donors (Lipinski definition) is 0. The van der Waals surface area contributed by atoms with Gasteiger partial charge in [0.2, 0.25) is 0 Å². The van der Waals surface area contributed by atoms with Crippen LogP contribution < -0.4 is 0 Å². The van der Waals surface area contributed by atoms with Gasteiger partial charge >= 0.3 is 0 Å². The van der Waals surface area contributed by atoms with E-state index < -0.39 is 0 Å². The van der Waals surface area contributed by atoms with E-state index in [0.717, 1.165) is 37.2 Å². The monoisotopic (exact) mass is 300 g/mol. The van der Waals surface area contributed by atoms with E-state index in [1.807, 2.05) is 0 Å². The molecule has 3 rings (SSSR count).